The number of rotatable bonds is 3. The average molecular weight is 526 g/mol. The number of halogens is 1. The first-order valence-corrected chi connectivity index (χ1v) is 12.7. The topological polar surface area (TPSA) is 83.7 Å². The number of thiazole rings is 1. The third-order valence-electron chi connectivity index (χ3n) is 6.88. The van der Waals surface area contributed by atoms with E-state index in [0.717, 1.165) is 5.56 Å². The summed E-state index contributed by atoms with van der Waals surface area (Å²) in [5, 5.41) is 2.56. The van der Waals surface area contributed by atoms with E-state index < -0.39 is 22.8 Å². The fourth-order valence-corrected chi connectivity index (χ4v) is 6.25. The van der Waals surface area contributed by atoms with Crippen LogP contribution in [0.25, 0.3) is 11.0 Å². The number of amides is 2. The monoisotopic (exact) mass is 525 g/mol. The first-order chi connectivity index (χ1) is 18.0. The van der Waals surface area contributed by atoms with Crippen molar-refractivity contribution in [2.75, 3.05) is 9.80 Å². The van der Waals surface area contributed by atoms with E-state index >= 15 is 0 Å². The average Bonchev–Trinajstić information content (AvgIpc) is 3.59. The number of benzene rings is 3. The van der Waals surface area contributed by atoms with Crippen molar-refractivity contribution in [2.24, 2.45) is 0 Å². The maximum atomic E-state index is 14.7. The molecular weight excluding hydrogens is 510 g/mol. The van der Waals surface area contributed by atoms with Crippen molar-refractivity contribution in [2.45, 2.75) is 12.1 Å². The number of hydrogen-bond acceptors (Lipinski definition) is 6. The first-order valence-electron chi connectivity index (χ1n) is 11.5. The lowest BCUT2D eigenvalue weighted by atomic mass is 9.84. The van der Waals surface area contributed by atoms with Gasteiger partial charge in [0.1, 0.15) is 5.58 Å². The molecule has 3 aromatic carbocycles. The molecule has 37 heavy (non-hydrogen) atoms. The lowest BCUT2D eigenvalue weighted by Crippen LogP contribution is -2.53. The molecule has 7 rings (SSSR count). The Morgan fingerprint density at radius 2 is 1.76 bits per heavy atom. The molecule has 0 bridgehead atoms. The molecule has 0 radical (unpaired) electrons. The van der Waals surface area contributed by atoms with E-state index in [0.29, 0.717) is 21.4 Å². The van der Waals surface area contributed by atoms with Crippen molar-refractivity contribution in [3.05, 3.63) is 122 Å². The van der Waals surface area contributed by atoms with Crippen LogP contribution in [0.5, 0.6) is 0 Å². The van der Waals surface area contributed by atoms with Gasteiger partial charge >= 0.3 is 0 Å². The molecule has 1 spiro atoms. The molecule has 0 saturated heterocycles. The molecular formula is C28H16ClN3O4S. The van der Waals surface area contributed by atoms with E-state index in [-0.39, 0.29) is 28.8 Å². The van der Waals surface area contributed by atoms with Crippen LogP contribution in [0.2, 0.25) is 5.02 Å². The fourth-order valence-electron chi connectivity index (χ4n) is 5.38. The summed E-state index contributed by atoms with van der Waals surface area (Å²) >= 11 is 7.42. The van der Waals surface area contributed by atoms with E-state index in [9.17, 15) is 14.4 Å². The van der Waals surface area contributed by atoms with Gasteiger partial charge in [0.2, 0.25) is 5.76 Å². The molecule has 0 aliphatic carbocycles. The minimum Gasteiger partial charge on any atom is -0.450 e. The molecule has 5 aromatic rings. The summed E-state index contributed by atoms with van der Waals surface area (Å²) in [6.07, 6.45) is 1.56. The third kappa shape index (κ3) is 2.88. The highest BCUT2D eigenvalue weighted by Gasteiger charge is 2.66. The molecule has 1 unspecified atom stereocenters. The number of carbonyl (C=O) groups excluding carboxylic acids is 2. The predicted octanol–water partition coefficient (Wildman–Crippen LogP) is 5.35. The zero-order chi connectivity index (χ0) is 25.3. The summed E-state index contributed by atoms with van der Waals surface area (Å²) in [5.41, 5.74) is -0.00230. The van der Waals surface area contributed by atoms with Gasteiger partial charge in [-0.3, -0.25) is 19.3 Å². The van der Waals surface area contributed by atoms with Gasteiger partial charge in [-0.2, -0.15) is 0 Å². The lowest BCUT2D eigenvalue weighted by molar-refractivity contribution is -0.121. The number of para-hydroxylation sites is 1. The van der Waals surface area contributed by atoms with Gasteiger partial charge in [-0.15, -0.1) is 11.3 Å². The summed E-state index contributed by atoms with van der Waals surface area (Å²) in [7, 11) is 0. The van der Waals surface area contributed by atoms with Crippen molar-refractivity contribution in [1.29, 1.82) is 0 Å². The summed E-state index contributed by atoms with van der Waals surface area (Å²) in [5.74, 6) is -1.18. The lowest BCUT2D eigenvalue weighted by Gasteiger charge is -2.32. The minimum absolute atomic E-state index is 0.0181. The molecule has 2 aliphatic rings. The molecule has 1 atom stereocenters. The second kappa shape index (κ2) is 7.86. The quantitative estimate of drug-likeness (QED) is 0.317. The van der Waals surface area contributed by atoms with Crippen molar-refractivity contribution in [3.63, 3.8) is 0 Å². The van der Waals surface area contributed by atoms with Crippen molar-refractivity contribution in [3.8, 4) is 0 Å². The largest absolute Gasteiger partial charge is 0.450 e. The van der Waals surface area contributed by atoms with Crippen LogP contribution < -0.4 is 15.2 Å². The zero-order valence-corrected chi connectivity index (χ0v) is 20.6. The van der Waals surface area contributed by atoms with Gasteiger partial charge in [0.15, 0.2) is 16.1 Å². The summed E-state index contributed by atoms with van der Waals surface area (Å²) in [6.45, 7) is 0.262. The summed E-state index contributed by atoms with van der Waals surface area (Å²) in [4.78, 5) is 50.1. The van der Waals surface area contributed by atoms with Crippen LogP contribution in [0.15, 0.2) is 93.6 Å². The zero-order valence-electron chi connectivity index (χ0n) is 19.1. The number of fused-ring (bicyclic) bond motifs is 5. The highest BCUT2D eigenvalue weighted by molar-refractivity contribution is 7.13. The van der Waals surface area contributed by atoms with Crippen LogP contribution in [-0.2, 0) is 16.9 Å². The van der Waals surface area contributed by atoms with E-state index in [2.05, 4.69) is 4.98 Å². The Morgan fingerprint density at radius 3 is 2.54 bits per heavy atom. The number of anilines is 2. The summed E-state index contributed by atoms with van der Waals surface area (Å²) in [6, 6.07) is 21.4. The number of carbonyl (C=O) groups is 2. The molecule has 0 fully saturated rings. The Bertz CT molecular complexity index is 1800. The maximum absolute atomic E-state index is 14.7. The van der Waals surface area contributed by atoms with E-state index in [4.69, 9.17) is 16.0 Å². The van der Waals surface area contributed by atoms with Crippen LogP contribution in [0, 0.1) is 0 Å². The SMILES string of the molecule is O=C1c2oc3ccc(Cl)cc3c(=O)c2C2(C(=O)N(Cc3ccccc3)c3ccccc32)N1c1nccs1. The molecule has 0 saturated carbocycles. The predicted molar refractivity (Wildman–Crippen MR) is 141 cm³/mol. The van der Waals surface area contributed by atoms with Crippen LogP contribution >= 0.6 is 22.9 Å². The molecule has 2 aliphatic heterocycles. The Kier molecular flexibility index (Phi) is 4.67. The molecule has 2 aromatic heterocycles. The highest BCUT2D eigenvalue weighted by Crippen LogP contribution is 2.54. The smallest absolute Gasteiger partial charge is 0.297 e. The third-order valence-corrected chi connectivity index (χ3v) is 7.87. The summed E-state index contributed by atoms with van der Waals surface area (Å²) < 4.78 is 6.04. The Labute approximate surface area is 219 Å². The second-order valence-corrected chi connectivity index (χ2v) is 10.1. The minimum atomic E-state index is -1.77. The van der Waals surface area contributed by atoms with Gasteiger partial charge in [0.25, 0.3) is 11.8 Å². The van der Waals surface area contributed by atoms with E-state index in [1.807, 2.05) is 42.5 Å². The molecule has 7 nitrogen and oxygen atoms in total. The standard InChI is InChI=1S/C28H16ClN3O4S/c29-17-10-11-21-18(14-17)23(33)22-24(36-21)25(34)32(27-30-12-13-37-27)28(22)19-8-4-5-9-20(19)31(26(28)35)15-16-6-2-1-3-7-16/h1-14H,15H2. The van der Waals surface area contributed by atoms with Gasteiger partial charge in [-0.25, -0.2) is 4.98 Å². The van der Waals surface area contributed by atoms with Gasteiger partial charge in [-0.1, -0.05) is 60.1 Å². The van der Waals surface area contributed by atoms with Crippen LogP contribution in [-0.4, -0.2) is 16.8 Å². The number of nitrogens with zero attached hydrogens (tertiary/aromatic N) is 3. The van der Waals surface area contributed by atoms with Gasteiger partial charge in [-0.05, 0) is 29.8 Å². The molecule has 180 valence electrons. The maximum Gasteiger partial charge on any atom is 0.297 e. The Balaban J connectivity index is 1.58. The Hall–Kier alpha value is -4.27. The first kappa shape index (κ1) is 22.0. The molecule has 2 amide bonds. The molecule has 9 heteroatoms. The molecule has 4 heterocycles. The van der Waals surface area contributed by atoms with Crippen molar-refractivity contribution in [1.82, 2.24) is 4.98 Å². The number of aromatic nitrogens is 1. The van der Waals surface area contributed by atoms with Crippen molar-refractivity contribution >= 4 is 56.5 Å². The van der Waals surface area contributed by atoms with Crippen molar-refractivity contribution < 1.29 is 14.0 Å². The fraction of sp³-hybridized carbons (Fsp3) is 0.0714. The van der Waals surface area contributed by atoms with E-state index in [1.54, 1.807) is 40.7 Å². The number of hydrogen-bond donors (Lipinski definition) is 0. The second-order valence-electron chi connectivity index (χ2n) is 8.84. The van der Waals surface area contributed by atoms with Crippen LogP contribution in [0.4, 0.5) is 10.8 Å². The normalized spacial score (nSPS) is 18.2. The van der Waals surface area contributed by atoms with Gasteiger partial charge < -0.3 is 9.32 Å². The van der Waals surface area contributed by atoms with Crippen LogP contribution in [0.3, 0.4) is 0 Å². The Morgan fingerprint density at radius 1 is 0.973 bits per heavy atom. The van der Waals surface area contributed by atoms with E-state index in [1.165, 1.54) is 22.3 Å². The van der Waals surface area contributed by atoms with Gasteiger partial charge in [0.05, 0.1) is 23.2 Å². The molecule has 0 N–H and O–H groups in total. The van der Waals surface area contributed by atoms with Crippen LogP contribution in [0.1, 0.15) is 27.2 Å². The highest BCUT2D eigenvalue weighted by atomic mass is 35.5. The van der Waals surface area contributed by atoms with Gasteiger partial charge in [0, 0.05) is 22.2 Å².